The summed E-state index contributed by atoms with van der Waals surface area (Å²) in [4.78, 5) is 25.3. The molecule has 4 heteroatoms. The Bertz CT molecular complexity index is 635. The quantitative estimate of drug-likeness (QED) is 0.778. The molecule has 1 aromatic heterocycles. The molecule has 0 saturated heterocycles. The second-order valence-corrected chi connectivity index (χ2v) is 5.69. The van der Waals surface area contributed by atoms with Gasteiger partial charge in [0.2, 0.25) is 5.78 Å². The molecule has 0 bridgehead atoms. The topological polar surface area (TPSA) is 67.5 Å². The van der Waals surface area contributed by atoms with Crippen LogP contribution in [0.25, 0.3) is 0 Å². The van der Waals surface area contributed by atoms with Crippen LogP contribution < -0.4 is 0 Å². The Balaban J connectivity index is 2.36. The smallest absolute Gasteiger partial charge is 0.211 e. The minimum Gasteiger partial charge on any atom is -0.460 e. The third-order valence-corrected chi connectivity index (χ3v) is 4.51. The summed E-state index contributed by atoms with van der Waals surface area (Å²) in [7, 11) is 0. The van der Waals surface area contributed by atoms with Gasteiger partial charge in [-0.1, -0.05) is 5.57 Å². The van der Waals surface area contributed by atoms with Crippen LogP contribution >= 0.6 is 0 Å². The second kappa shape index (κ2) is 3.67. The molecular weight excluding hydrogens is 244 g/mol. The first-order chi connectivity index (χ1) is 8.89. The van der Waals surface area contributed by atoms with E-state index in [1.807, 2.05) is 6.92 Å². The Labute approximate surface area is 111 Å². The fourth-order valence-electron chi connectivity index (χ4n) is 3.33. The third-order valence-electron chi connectivity index (χ3n) is 4.51. The van der Waals surface area contributed by atoms with Crippen molar-refractivity contribution in [2.75, 3.05) is 0 Å². The number of furan rings is 1. The third kappa shape index (κ3) is 1.32. The second-order valence-electron chi connectivity index (χ2n) is 5.69. The molecule has 0 unspecified atom stereocenters. The number of hydrogen-bond donors (Lipinski definition) is 1. The average Bonchev–Trinajstić information content (AvgIpc) is 2.74. The summed E-state index contributed by atoms with van der Waals surface area (Å²) in [6.07, 6.45) is 1.75. The van der Waals surface area contributed by atoms with Crippen molar-refractivity contribution >= 4 is 11.6 Å². The van der Waals surface area contributed by atoms with Crippen LogP contribution in [0.1, 0.15) is 53.2 Å². The molecule has 100 valence electrons. The molecular formula is C15H16O4. The van der Waals surface area contributed by atoms with Crippen LogP contribution in [-0.2, 0) is 0 Å². The number of hydrogen-bond acceptors (Lipinski definition) is 4. The zero-order chi connectivity index (χ0) is 13.9. The highest BCUT2D eigenvalue weighted by atomic mass is 16.3. The maximum Gasteiger partial charge on any atom is 0.211 e. The molecule has 1 aromatic rings. The van der Waals surface area contributed by atoms with E-state index >= 15 is 0 Å². The highest BCUT2D eigenvalue weighted by Gasteiger charge is 2.55. The van der Waals surface area contributed by atoms with Crippen molar-refractivity contribution in [2.45, 2.75) is 39.7 Å². The standard InChI is InChI=1S/C15H16O4/c1-7-4-5-9(16)15(3)11(7)12(17)10-8(2)6-19-13(10)14(15)18/h6,9,16H,4-5H2,1-3H3/t9-,15-/m0/s1. The Morgan fingerprint density at radius 3 is 2.74 bits per heavy atom. The van der Waals surface area contributed by atoms with E-state index in [0.29, 0.717) is 29.5 Å². The molecule has 0 saturated carbocycles. The van der Waals surface area contributed by atoms with Crippen LogP contribution in [0.15, 0.2) is 21.8 Å². The van der Waals surface area contributed by atoms with Gasteiger partial charge in [-0.15, -0.1) is 0 Å². The minimum atomic E-state index is -1.16. The number of ketones is 2. The van der Waals surface area contributed by atoms with Gasteiger partial charge in [0.1, 0.15) is 0 Å². The molecule has 0 aliphatic heterocycles. The molecule has 19 heavy (non-hydrogen) atoms. The van der Waals surface area contributed by atoms with Gasteiger partial charge >= 0.3 is 0 Å². The van der Waals surface area contributed by atoms with Crippen molar-refractivity contribution < 1.29 is 19.1 Å². The Morgan fingerprint density at radius 2 is 2.05 bits per heavy atom. The Hall–Kier alpha value is -1.68. The van der Waals surface area contributed by atoms with Crippen molar-refractivity contribution in [2.24, 2.45) is 5.41 Å². The van der Waals surface area contributed by atoms with Crippen molar-refractivity contribution in [1.29, 1.82) is 0 Å². The van der Waals surface area contributed by atoms with E-state index in [2.05, 4.69) is 0 Å². The summed E-state index contributed by atoms with van der Waals surface area (Å²) in [5, 5.41) is 10.3. The number of carbonyl (C=O) groups is 2. The van der Waals surface area contributed by atoms with E-state index in [-0.39, 0.29) is 17.3 Å². The molecule has 0 fully saturated rings. The summed E-state index contributed by atoms with van der Waals surface area (Å²) < 4.78 is 5.26. The molecule has 2 aliphatic carbocycles. The number of allylic oxidation sites excluding steroid dienone is 1. The molecule has 0 aromatic carbocycles. The lowest BCUT2D eigenvalue weighted by molar-refractivity contribution is 0.0318. The zero-order valence-corrected chi connectivity index (χ0v) is 11.2. The van der Waals surface area contributed by atoms with Crippen molar-refractivity contribution in [3.63, 3.8) is 0 Å². The first kappa shape index (κ1) is 12.4. The van der Waals surface area contributed by atoms with Gasteiger partial charge in [0.15, 0.2) is 11.5 Å². The lowest BCUT2D eigenvalue weighted by atomic mass is 9.61. The van der Waals surface area contributed by atoms with E-state index < -0.39 is 11.5 Å². The SMILES string of the molecule is CC1=C2C(=O)c3c(C)coc3C(=O)[C@@]2(C)[C@@H](O)CC1. The first-order valence-corrected chi connectivity index (χ1v) is 6.45. The van der Waals surface area contributed by atoms with E-state index in [9.17, 15) is 14.7 Å². The Kier molecular flexibility index (Phi) is 2.39. The number of rotatable bonds is 0. The molecule has 1 N–H and O–H groups in total. The summed E-state index contributed by atoms with van der Waals surface area (Å²) in [6, 6.07) is 0. The highest BCUT2D eigenvalue weighted by Crippen LogP contribution is 2.48. The number of aliphatic hydroxyl groups excluding tert-OH is 1. The number of Topliss-reactive ketones (excluding diaryl/α,β-unsaturated/α-hetero) is 2. The molecule has 3 rings (SSSR count). The van der Waals surface area contributed by atoms with E-state index in [1.165, 1.54) is 6.26 Å². The molecule has 1 heterocycles. The van der Waals surface area contributed by atoms with Gasteiger partial charge < -0.3 is 9.52 Å². The predicted octanol–water partition coefficient (Wildman–Crippen LogP) is 2.44. The van der Waals surface area contributed by atoms with Crippen molar-refractivity contribution in [3.05, 3.63) is 34.3 Å². The van der Waals surface area contributed by atoms with Crippen LogP contribution in [0.4, 0.5) is 0 Å². The molecule has 0 amide bonds. The summed E-state index contributed by atoms with van der Waals surface area (Å²) in [6.45, 7) is 5.27. The molecule has 2 atom stereocenters. The summed E-state index contributed by atoms with van der Waals surface area (Å²) in [5.74, 6) is -0.348. The number of carbonyl (C=O) groups excluding carboxylic acids is 2. The fourth-order valence-corrected chi connectivity index (χ4v) is 3.33. The van der Waals surface area contributed by atoms with E-state index in [1.54, 1.807) is 13.8 Å². The first-order valence-electron chi connectivity index (χ1n) is 6.45. The maximum absolute atomic E-state index is 12.7. The van der Waals surface area contributed by atoms with Gasteiger partial charge in [-0.2, -0.15) is 0 Å². The predicted molar refractivity (Wildman–Crippen MR) is 68.2 cm³/mol. The maximum atomic E-state index is 12.7. The van der Waals surface area contributed by atoms with Gasteiger partial charge in [-0.05, 0) is 39.2 Å². The van der Waals surface area contributed by atoms with E-state index in [0.717, 1.165) is 5.57 Å². The molecule has 2 aliphatic rings. The van der Waals surface area contributed by atoms with Crippen LogP contribution in [0.5, 0.6) is 0 Å². The van der Waals surface area contributed by atoms with Crippen LogP contribution in [0.3, 0.4) is 0 Å². The summed E-state index contributed by atoms with van der Waals surface area (Å²) in [5.41, 5.74) is 1.25. The lowest BCUT2D eigenvalue weighted by Gasteiger charge is -2.41. The van der Waals surface area contributed by atoms with Gasteiger partial charge in [-0.25, -0.2) is 0 Å². The Morgan fingerprint density at radius 1 is 1.37 bits per heavy atom. The monoisotopic (exact) mass is 260 g/mol. The normalized spacial score (nSPS) is 30.4. The number of fused-ring (bicyclic) bond motifs is 2. The van der Waals surface area contributed by atoms with Gasteiger partial charge in [0.25, 0.3) is 0 Å². The minimum absolute atomic E-state index is 0.0995. The molecule has 0 spiro atoms. The van der Waals surface area contributed by atoms with Gasteiger partial charge in [0.05, 0.1) is 23.3 Å². The fraction of sp³-hybridized carbons (Fsp3) is 0.467. The number of aliphatic hydroxyl groups is 1. The number of aryl methyl sites for hydroxylation is 1. The van der Waals surface area contributed by atoms with Crippen LogP contribution in [0, 0.1) is 12.3 Å². The van der Waals surface area contributed by atoms with Crippen LogP contribution in [-0.4, -0.2) is 22.8 Å². The lowest BCUT2D eigenvalue weighted by Crippen LogP contribution is -2.49. The summed E-state index contributed by atoms with van der Waals surface area (Å²) >= 11 is 0. The van der Waals surface area contributed by atoms with Gasteiger partial charge in [0, 0.05) is 5.57 Å². The zero-order valence-electron chi connectivity index (χ0n) is 11.2. The van der Waals surface area contributed by atoms with Crippen molar-refractivity contribution in [3.8, 4) is 0 Å². The van der Waals surface area contributed by atoms with Crippen LogP contribution in [0.2, 0.25) is 0 Å². The molecule has 4 nitrogen and oxygen atoms in total. The largest absolute Gasteiger partial charge is 0.460 e. The average molecular weight is 260 g/mol. The highest BCUT2D eigenvalue weighted by molar-refractivity contribution is 6.25. The van der Waals surface area contributed by atoms with Crippen molar-refractivity contribution in [1.82, 2.24) is 0 Å². The van der Waals surface area contributed by atoms with E-state index in [4.69, 9.17) is 4.42 Å². The van der Waals surface area contributed by atoms with Gasteiger partial charge in [-0.3, -0.25) is 9.59 Å². The molecule has 0 radical (unpaired) electrons.